The van der Waals surface area contributed by atoms with E-state index in [2.05, 4.69) is 48.5 Å². The van der Waals surface area contributed by atoms with Gasteiger partial charge in [-0.25, -0.2) is 0 Å². The van der Waals surface area contributed by atoms with Gasteiger partial charge in [-0.15, -0.1) is 0 Å². The summed E-state index contributed by atoms with van der Waals surface area (Å²) >= 11 is 0. The number of unbranched alkanes of at least 4 members (excludes halogenated alkanes) is 1. The zero-order valence-corrected chi connectivity index (χ0v) is 26.9. The number of rotatable bonds is 16. The Morgan fingerprint density at radius 1 is 0.837 bits per heavy atom. The summed E-state index contributed by atoms with van der Waals surface area (Å²) in [7, 11) is 1.67. The first-order valence-corrected chi connectivity index (χ1v) is 15.9. The molecule has 232 valence electrons. The molecule has 0 radical (unpaired) electrons. The molecule has 0 atom stereocenters. The van der Waals surface area contributed by atoms with Crippen molar-refractivity contribution in [3.05, 3.63) is 95.7 Å². The number of nitrogens with one attached hydrogen (secondary N) is 1. The Morgan fingerprint density at radius 2 is 1.56 bits per heavy atom. The normalized spacial score (nSPS) is 10.8. The smallest absolute Gasteiger partial charge is 0.253 e. The van der Waals surface area contributed by atoms with E-state index < -0.39 is 0 Å². The number of nitrogens with zero attached hydrogens (tertiary/aromatic N) is 2. The molecule has 4 aromatic rings. The number of aromatic nitrogens is 1. The van der Waals surface area contributed by atoms with Crippen LogP contribution in [0.15, 0.2) is 79.0 Å². The Hall–Kier alpha value is -3.77. The fourth-order valence-corrected chi connectivity index (χ4v) is 5.22. The van der Waals surface area contributed by atoms with Gasteiger partial charge in [-0.3, -0.25) is 4.79 Å². The van der Waals surface area contributed by atoms with Crippen LogP contribution in [0.2, 0.25) is 0 Å². The lowest BCUT2D eigenvalue weighted by Gasteiger charge is -2.20. The predicted molar refractivity (Wildman–Crippen MR) is 179 cm³/mol. The molecule has 3 aromatic carbocycles. The van der Waals surface area contributed by atoms with Crippen LogP contribution in [0.3, 0.4) is 0 Å². The van der Waals surface area contributed by atoms with E-state index in [1.54, 1.807) is 7.11 Å². The molecule has 0 aliphatic carbocycles. The quantitative estimate of drug-likeness (QED) is 0.135. The van der Waals surface area contributed by atoms with Gasteiger partial charge in [0.15, 0.2) is 0 Å². The molecule has 1 heterocycles. The summed E-state index contributed by atoms with van der Waals surface area (Å²) in [4.78, 5) is 15.4. The summed E-state index contributed by atoms with van der Waals surface area (Å²) in [6.07, 6.45) is 7.69. The van der Waals surface area contributed by atoms with Gasteiger partial charge in [-0.2, -0.15) is 0 Å². The van der Waals surface area contributed by atoms with Crippen LogP contribution in [0.1, 0.15) is 74.4 Å². The third-order valence-corrected chi connectivity index (χ3v) is 7.49. The third-order valence-electron chi connectivity index (χ3n) is 7.49. The van der Waals surface area contributed by atoms with Crippen molar-refractivity contribution in [3.8, 4) is 11.5 Å². The molecule has 0 aliphatic rings. The van der Waals surface area contributed by atoms with Gasteiger partial charge in [-0.05, 0) is 75.0 Å². The number of benzene rings is 3. The lowest BCUT2D eigenvalue weighted by molar-refractivity contribution is 0.0952. The average Bonchev–Trinajstić information content (AvgIpc) is 3.41. The molecule has 1 N–H and O–H groups in total. The number of carbonyl (C=O) groups excluding carboxylic acids is 1. The summed E-state index contributed by atoms with van der Waals surface area (Å²) < 4.78 is 13.4. The monoisotopic (exact) mass is 585 g/mol. The van der Waals surface area contributed by atoms with Crippen molar-refractivity contribution in [1.29, 1.82) is 0 Å². The van der Waals surface area contributed by atoms with E-state index in [-0.39, 0.29) is 5.91 Å². The van der Waals surface area contributed by atoms with Crippen LogP contribution in [-0.4, -0.2) is 48.7 Å². The van der Waals surface area contributed by atoms with Gasteiger partial charge in [-0.1, -0.05) is 81.8 Å². The van der Waals surface area contributed by atoms with Gasteiger partial charge in [0, 0.05) is 31.2 Å². The number of amides is 1. The van der Waals surface area contributed by atoms with Crippen molar-refractivity contribution < 1.29 is 14.3 Å². The van der Waals surface area contributed by atoms with Gasteiger partial charge in [0.1, 0.15) is 11.5 Å². The van der Waals surface area contributed by atoms with Crippen LogP contribution < -0.4 is 14.8 Å². The van der Waals surface area contributed by atoms with Gasteiger partial charge in [0.05, 0.1) is 24.8 Å². The zero-order chi connectivity index (χ0) is 30.9. The van der Waals surface area contributed by atoms with Crippen molar-refractivity contribution in [2.75, 3.05) is 33.4 Å². The molecule has 1 amide bonds. The first-order valence-electron chi connectivity index (χ1n) is 15.9. The van der Waals surface area contributed by atoms with E-state index >= 15 is 0 Å². The number of hydrogen-bond acceptors (Lipinski definition) is 4. The van der Waals surface area contributed by atoms with E-state index in [4.69, 9.17) is 9.47 Å². The second-order valence-electron chi connectivity index (χ2n) is 10.9. The number of aryl methyl sites for hydroxylation is 2. The molecular weight excluding hydrogens is 534 g/mol. The Labute approximate surface area is 259 Å². The van der Waals surface area contributed by atoms with E-state index in [1.165, 1.54) is 31.5 Å². The second-order valence-corrected chi connectivity index (χ2v) is 10.9. The SMILES string of the molecule is CCCCn1cc(C(=O)NCc2ccccc2C)c2cccc(OC)c21.CCCN(CCC)CCCOc1ccccc1. The van der Waals surface area contributed by atoms with Crippen molar-refractivity contribution in [3.63, 3.8) is 0 Å². The van der Waals surface area contributed by atoms with Crippen LogP contribution in [0, 0.1) is 6.92 Å². The van der Waals surface area contributed by atoms with Crippen molar-refractivity contribution in [1.82, 2.24) is 14.8 Å². The number of hydrogen-bond donors (Lipinski definition) is 1. The van der Waals surface area contributed by atoms with Gasteiger partial charge in [0.2, 0.25) is 0 Å². The molecular formula is C37H51N3O3. The van der Waals surface area contributed by atoms with Crippen LogP contribution >= 0.6 is 0 Å². The Morgan fingerprint density at radius 3 is 2.23 bits per heavy atom. The molecule has 0 unspecified atom stereocenters. The Bertz CT molecular complexity index is 1360. The topological polar surface area (TPSA) is 55.7 Å². The number of ether oxygens (including phenoxy) is 2. The molecule has 0 bridgehead atoms. The van der Waals surface area contributed by atoms with E-state index in [9.17, 15) is 4.79 Å². The largest absolute Gasteiger partial charge is 0.495 e. The van der Waals surface area contributed by atoms with Gasteiger partial charge >= 0.3 is 0 Å². The first-order chi connectivity index (χ1) is 21.0. The Balaban J connectivity index is 0.000000259. The number of carbonyl (C=O) groups is 1. The zero-order valence-electron chi connectivity index (χ0n) is 26.9. The molecule has 6 heteroatoms. The van der Waals surface area contributed by atoms with Crippen LogP contribution in [0.4, 0.5) is 0 Å². The van der Waals surface area contributed by atoms with Gasteiger partial charge in [0.25, 0.3) is 5.91 Å². The highest BCUT2D eigenvalue weighted by atomic mass is 16.5. The second kappa shape index (κ2) is 18.7. The molecule has 0 fully saturated rings. The highest BCUT2D eigenvalue weighted by Gasteiger charge is 2.17. The number of para-hydroxylation sites is 2. The maximum atomic E-state index is 12.9. The summed E-state index contributed by atoms with van der Waals surface area (Å²) in [5.74, 6) is 1.73. The summed E-state index contributed by atoms with van der Waals surface area (Å²) in [6, 6.07) is 24.0. The van der Waals surface area contributed by atoms with E-state index in [1.807, 2.05) is 72.9 Å². The van der Waals surface area contributed by atoms with E-state index in [0.717, 1.165) is 66.9 Å². The van der Waals surface area contributed by atoms with Gasteiger partial charge < -0.3 is 24.3 Å². The fourth-order valence-electron chi connectivity index (χ4n) is 5.22. The molecule has 0 saturated heterocycles. The molecule has 1 aromatic heterocycles. The summed E-state index contributed by atoms with van der Waals surface area (Å²) in [5, 5.41) is 4.00. The fraction of sp³-hybridized carbons (Fsp3) is 0.432. The molecule has 0 aliphatic heterocycles. The minimum absolute atomic E-state index is 0.0539. The standard InChI is InChI=1S/C22H26N2O2.C15H25NO/c1-4-5-13-24-15-19(18-11-8-12-20(26-3)21(18)24)22(25)23-14-17-10-7-6-9-16(17)2;1-3-11-16(12-4-2)13-8-14-17-15-9-6-5-7-10-15/h6-12,15H,4-5,13-14H2,1-3H3,(H,23,25);5-7,9-10H,3-4,8,11-14H2,1-2H3. The molecule has 43 heavy (non-hydrogen) atoms. The average molecular weight is 586 g/mol. The maximum absolute atomic E-state index is 12.9. The van der Waals surface area contributed by atoms with Crippen molar-refractivity contribution in [2.45, 2.75) is 72.9 Å². The van der Waals surface area contributed by atoms with Crippen LogP contribution in [-0.2, 0) is 13.1 Å². The van der Waals surface area contributed by atoms with Crippen molar-refractivity contribution >= 4 is 16.8 Å². The Kier molecular flexibility index (Phi) is 14.7. The van der Waals surface area contributed by atoms with Crippen LogP contribution in [0.25, 0.3) is 10.9 Å². The van der Waals surface area contributed by atoms with Crippen LogP contribution in [0.5, 0.6) is 11.5 Å². The highest BCUT2D eigenvalue weighted by molar-refractivity contribution is 6.08. The molecule has 0 saturated carbocycles. The summed E-state index contributed by atoms with van der Waals surface area (Å²) in [6.45, 7) is 14.5. The predicted octanol–water partition coefficient (Wildman–Crippen LogP) is 8.27. The molecule has 4 rings (SSSR count). The first kappa shape index (κ1) is 33.7. The lowest BCUT2D eigenvalue weighted by Crippen LogP contribution is -2.27. The van der Waals surface area contributed by atoms with E-state index in [0.29, 0.717) is 12.1 Å². The number of fused-ring (bicyclic) bond motifs is 1. The maximum Gasteiger partial charge on any atom is 0.253 e. The lowest BCUT2D eigenvalue weighted by atomic mass is 10.1. The van der Waals surface area contributed by atoms with Crippen molar-refractivity contribution in [2.24, 2.45) is 0 Å². The highest BCUT2D eigenvalue weighted by Crippen LogP contribution is 2.30. The minimum Gasteiger partial charge on any atom is -0.495 e. The summed E-state index contributed by atoms with van der Waals surface area (Å²) in [5.41, 5.74) is 4.00. The number of methoxy groups -OCH3 is 1. The molecule has 0 spiro atoms. The molecule has 6 nitrogen and oxygen atoms in total. The third kappa shape index (κ3) is 10.5. The minimum atomic E-state index is -0.0539.